The molecule has 0 aromatic heterocycles. The Bertz CT molecular complexity index is 335. The third-order valence-electron chi connectivity index (χ3n) is 3.27. The molecule has 2 rings (SSSR count). The van der Waals surface area contributed by atoms with E-state index in [1.165, 1.54) is 36.8 Å². The van der Waals surface area contributed by atoms with Crippen LogP contribution < -0.4 is 10.1 Å². The molecule has 1 aromatic rings. The summed E-state index contributed by atoms with van der Waals surface area (Å²) in [5.41, 5.74) is 2.90. The van der Waals surface area contributed by atoms with Gasteiger partial charge in [-0.05, 0) is 49.6 Å². The van der Waals surface area contributed by atoms with Crippen molar-refractivity contribution in [3.05, 3.63) is 29.3 Å². The van der Waals surface area contributed by atoms with Gasteiger partial charge < -0.3 is 10.1 Å². The van der Waals surface area contributed by atoms with Crippen LogP contribution in [0.5, 0.6) is 5.75 Å². The van der Waals surface area contributed by atoms with Crippen LogP contribution in [0.15, 0.2) is 18.2 Å². The number of methoxy groups -OCH3 is 1. The zero-order valence-corrected chi connectivity index (χ0v) is 9.55. The van der Waals surface area contributed by atoms with Gasteiger partial charge in [0.15, 0.2) is 0 Å². The molecule has 1 atom stereocenters. The summed E-state index contributed by atoms with van der Waals surface area (Å²) >= 11 is 0. The number of rotatable bonds is 2. The molecule has 15 heavy (non-hydrogen) atoms. The topological polar surface area (TPSA) is 21.3 Å². The third-order valence-corrected chi connectivity index (χ3v) is 3.27. The van der Waals surface area contributed by atoms with Crippen molar-refractivity contribution in [2.24, 2.45) is 0 Å². The van der Waals surface area contributed by atoms with E-state index in [4.69, 9.17) is 4.74 Å². The first-order chi connectivity index (χ1) is 7.35. The second-order valence-electron chi connectivity index (χ2n) is 4.15. The average molecular weight is 205 g/mol. The van der Waals surface area contributed by atoms with E-state index in [-0.39, 0.29) is 0 Å². The number of fused-ring (bicyclic) bond motifs is 1. The van der Waals surface area contributed by atoms with Crippen LogP contribution in [0.1, 0.15) is 36.4 Å². The SMILES string of the molecule is CNC1CCCCc2ccc(OC)cc21. The van der Waals surface area contributed by atoms with Crippen LogP contribution in [0, 0.1) is 0 Å². The van der Waals surface area contributed by atoms with Gasteiger partial charge in [-0.3, -0.25) is 0 Å². The summed E-state index contributed by atoms with van der Waals surface area (Å²) < 4.78 is 5.29. The Kier molecular flexibility index (Phi) is 3.27. The lowest BCUT2D eigenvalue weighted by molar-refractivity contribution is 0.413. The van der Waals surface area contributed by atoms with Crippen molar-refractivity contribution in [2.75, 3.05) is 14.2 Å². The number of aryl methyl sites for hydroxylation is 1. The smallest absolute Gasteiger partial charge is 0.119 e. The second kappa shape index (κ2) is 4.67. The van der Waals surface area contributed by atoms with Gasteiger partial charge in [0.25, 0.3) is 0 Å². The fourth-order valence-corrected chi connectivity index (χ4v) is 2.37. The molecule has 1 aliphatic rings. The normalized spacial score (nSPS) is 20.5. The highest BCUT2D eigenvalue weighted by Gasteiger charge is 2.17. The minimum Gasteiger partial charge on any atom is -0.497 e. The van der Waals surface area contributed by atoms with Crippen LogP contribution in [0.2, 0.25) is 0 Å². The van der Waals surface area contributed by atoms with E-state index in [1.807, 2.05) is 7.05 Å². The second-order valence-corrected chi connectivity index (χ2v) is 4.15. The van der Waals surface area contributed by atoms with Gasteiger partial charge in [-0.25, -0.2) is 0 Å². The molecule has 0 saturated carbocycles. The molecule has 0 fully saturated rings. The zero-order valence-electron chi connectivity index (χ0n) is 9.55. The van der Waals surface area contributed by atoms with Crippen molar-refractivity contribution in [1.29, 1.82) is 0 Å². The van der Waals surface area contributed by atoms with Crippen molar-refractivity contribution >= 4 is 0 Å². The van der Waals surface area contributed by atoms with Crippen LogP contribution >= 0.6 is 0 Å². The molecular weight excluding hydrogens is 186 g/mol. The summed E-state index contributed by atoms with van der Waals surface area (Å²) in [6.45, 7) is 0. The maximum atomic E-state index is 5.29. The van der Waals surface area contributed by atoms with Gasteiger partial charge in [0.2, 0.25) is 0 Å². The highest BCUT2D eigenvalue weighted by molar-refractivity contribution is 5.38. The molecule has 0 aliphatic heterocycles. The lowest BCUT2D eigenvalue weighted by Crippen LogP contribution is -2.16. The summed E-state index contributed by atoms with van der Waals surface area (Å²) in [6.07, 6.45) is 5.05. The molecule has 0 spiro atoms. The van der Waals surface area contributed by atoms with Gasteiger partial charge in [-0.1, -0.05) is 12.5 Å². The van der Waals surface area contributed by atoms with Gasteiger partial charge >= 0.3 is 0 Å². The number of hydrogen-bond acceptors (Lipinski definition) is 2. The van der Waals surface area contributed by atoms with Crippen LogP contribution in [-0.4, -0.2) is 14.2 Å². The van der Waals surface area contributed by atoms with Crippen LogP contribution in [0.3, 0.4) is 0 Å². The van der Waals surface area contributed by atoms with E-state index in [2.05, 4.69) is 23.5 Å². The summed E-state index contributed by atoms with van der Waals surface area (Å²) in [7, 11) is 3.77. The fraction of sp³-hybridized carbons (Fsp3) is 0.538. The predicted octanol–water partition coefficient (Wildman–Crippen LogP) is 2.68. The Morgan fingerprint density at radius 2 is 2.20 bits per heavy atom. The Balaban J connectivity index is 2.38. The standard InChI is InChI=1S/C13H19NO/c1-14-13-6-4-3-5-10-7-8-11(15-2)9-12(10)13/h7-9,13-14H,3-6H2,1-2H3. The molecule has 1 unspecified atom stereocenters. The highest BCUT2D eigenvalue weighted by atomic mass is 16.5. The number of hydrogen-bond donors (Lipinski definition) is 1. The fourth-order valence-electron chi connectivity index (χ4n) is 2.37. The van der Waals surface area contributed by atoms with Crippen molar-refractivity contribution < 1.29 is 4.74 Å². The van der Waals surface area contributed by atoms with Gasteiger partial charge in [-0.15, -0.1) is 0 Å². The first kappa shape index (κ1) is 10.5. The van der Waals surface area contributed by atoms with Crippen molar-refractivity contribution in [1.82, 2.24) is 5.32 Å². The molecule has 0 heterocycles. The maximum absolute atomic E-state index is 5.29. The molecule has 2 nitrogen and oxygen atoms in total. The molecule has 0 saturated heterocycles. The van der Waals surface area contributed by atoms with Crippen molar-refractivity contribution in [3.8, 4) is 5.75 Å². The monoisotopic (exact) mass is 205 g/mol. The third kappa shape index (κ3) is 2.15. The summed E-state index contributed by atoms with van der Waals surface area (Å²) in [6, 6.07) is 6.96. The van der Waals surface area contributed by atoms with Gasteiger partial charge in [-0.2, -0.15) is 0 Å². The average Bonchev–Trinajstić information content (AvgIpc) is 2.49. The Hall–Kier alpha value is -1.02. The molecule has 0 amide bonds. The Morgan fingerprint density at radius 1 is 1.33 bits per heavy atom. The first-order valence-corrected chi connectivity index (χ1v) is 5.69. The summed E-state index contributed by atoms with van der Waals surface area (Å²) in [5, 5.41) is 3.40. The largest absolute Gasteiger partial charge is 0.497 e. The minimum atomic E-state index is 0.498. The Labute approximate surface area is 91.6 Å². The zero-order chi connectivity index (χ0) is 10.7. The molecule has 1 aromatic carbocycles. The quantitative estimate of drug-likeness (QED) is 0.749. The van der Waals surface area contributed by atoms with E-state index < -0.39 is 0 Å². The van der Waals surface area contributed by atoms with E-state index in [0.29, 0.717) is 6.04 Å². The van der Waals surface area contributed by atoms with Crippen molar-refractivity contribution in [3.63, 3.8) is 0 Å². The molecule has 2 heteroatoms. The summed E-state index contributed by atoms with van der Waals surface area (Å²) in [5.74, 6) is 0.968. The van der Waals surface area contributed by atoms with Gasteiger partial charge in [0.05, 0.1) is 7.11 Å². The van der Waals surface area contributed by atoms with E-state index >= 15 is 0 Å². The molecular formula is C13H19NO. The number of nitrogens with one attached hydrogen (secondary N) is 1. The molecule has 0 radical (unpaired) electrons. The summed E-state index contributed by atoms with van der Waals surface area (Å²) in [4.78, 5) is 0. The predicted molar refractivity (Wildman–Crippen MR) is 62.3 cm³/mol. The van der Waals surface area contributed by atoms with E-state index in [0.717, 1.165) is 5.75 Å². The van der Waals surface area contributed by atoms with E-state index in [1.54, 1.807) is 7.11 Å². The lowest BCUT2D eigenvalue weighted by Gasteiger charge is -2.17. The van der Waals surface area contributed by atoms with Crippen LogP contribution in [0.4, 0.5) is 0 Å². The van der Waals surface area contributed by atoms with Gasteiger partial charge in [0.1, 0.15) is 5.75 Å². The molecule has 1 N–H and O–H groups in total. The van der Waals surface area contributed by atoms with E-state index in [9.17, 15) is 0 Å². The molecule has 0 bridgehead atoms. The van der Waals surface area contributed by atoms with Crippen molar-refractivity contribution in [2.45, 2.75) is 31.7 Å². The lowest BCUT2D eigenvalue weighted by atomic mass is 9.99. The maximum Gasteiger partial charge on any atom is 0.119 e. The molecule has 82 valence electrons. The van der Waals surface area contributed by atoms with Crippen LogP contribution in [-0.2, 0) is 6.42 Å². The highest BCUT2D eigenvalue weighted by Crippen LogP contribution is 2.30. The Morgan fingerprint density at radius 3 is 2.93 bits per heavy atom. The molecule has 1 aliphatic carbocycles. The minimum absolute atomic E-state index is 0.498. The number of benzene rings is 1. The first-order valence-electron chi connectivity index (χ1n) is 5.69. The van der Waals surface area contributed by atoms with Gasteiger partial charge in [0, 0.05) is 6.04 Å². The number of ether oxygens (including phenoxy) is 1. The van der Waals surface area contributed by atoms with Crippen LogP contribution in [0.25, 0.3) is 0 Å².